The normalized spacial score (nSPS) is 19.5. The third kappa shape index (κ3) is 2.59. The number of hydrogen-bond donors (Lipinski definition) is 3. The summed E-state index contributed by atoms with van der Waals surface area (Å²) in [6.45, 7) is 1.27. The SMILES string of the molecule is NNc1nc(OCC2CCCCO2)c2cn[nH]c2n1. The highest BCUT2D eigenvalue weighted by atomic mass is 16.5. The number of hydrogen-bond acceptors (Lipinski definition) is 7. The Hall–Kier alpha value is -1.93. The molecule has 0 bridgehead atoms. The van der Waals surface area contributed by atoms with E-state index in [0.717, 1.165) is 24.8 Å². The van der Waals surface area contributed by atoms with E-state index in [1.165, 1.54) is 6.42 Å². The number of hydrazine groups is 1. The van der Waals surface area contributed by atoms with Gasteiger partial charge in [-0.2, -0.15) is 15.1 Å². The van der Waals surface area contributed by atoms with Gasteiger partial charge in [-0.15, -0.1) is 0 Å². The van der Waals surface area contributed by atoms with Gasteiger partial charge in [-0.25, -0.2) is 5.84 Å². The van der Waals surface area contributed by atoms with Crippen molar-refractivity contribution < 1.29 is 9.47 Å². The van der Waals surface area contributed by atoms with Crippen LogP contribution in [0.1, 0.15) is 19.3 Å². The highest BCUT2D eigenvalue weighted by Gasteiger charge is 2.16. The predicted molar refractivity (Wildman–Crippen MR) is 68.6 cm³/mol. The Labute approximate surface area is 109 Å². The van der Waals surface area contributed by atoms with Crippen LogP contribution in [0.4, 0.5) is 5.95 Å². The van der Waals surface area contributed by atoms with Gasteiger partial charge in [0.15, 0.2) is 5.65 Å². The summed E-state index contributed by atoms with van der Waals surface area (Å²) in [6.07, 6.45) is 5.07. The minimum absolute atomic E-state index is 0.125. The van der Waals surface area contributed by atoms with Crippen molar-refractivity contribution >= 4 is 17.0 Å². The van der Waals surface area contributed by atoms with Crippen molar-refractivity contribution in [3.63, 3.8) is 0 Å². The summed E-state index contributed by atoms with van der Waals surface area (Å²) in [4.78, 5) is 8.32. The second-order valence-corrected chi connectivity index (χ2v) is 4.43. The number of aromatic amines is 1. The molecule has 1 aliphatic rings. The molecule has 4 N–H and O–H groups in total. The van der Waals surface area contributed by atoms with Gasteiger partial charge in [-0.05, 0) is 19.3 Å². The third-order valence-corrected chi connectivity index (χ3v) is 3.08. The smallest absolute Gasteiger partial charge is 0.242 e. The van der Waals surface area contributed by atoms with Gasteiger partial charge < -0.3 is 9.47 Å². The second-order valence-electron chi connectivity index (χ2n) is 4.43. The van der Waals surface area contributed by atoms with E-state index in [9.17, 15) is 0 Å². The van der Waals surface area contributed by atoms with Crippen molar-refractivity contribution in [2.45, 2.75) is 25.4 Å². The molecule has 0 aliphatic carbocycles. The number of aromatic nitrogens is 4. The van der Waals surface area contributed by atoms with E-state index in [0.29, 0.717) is 18.1 Å². The number of nitrogen functional groups attached to an aromatic ring is 1. The molecule has 0 aromatic carbocycles. The largest absolute Gasteiger partial charge is 0.474 e. The summed E-state index contributed by atoms with van der Waals surface area (Å²) >= 11 is 0. The minimum atomic E-state index is 0.125. The first-order valence-electron chi connectivity index (χ1n) is 6.29. The first-order valence-corrected chi connectivity index (χ1v) is 6.29. The maximum absolute atomic E-state index is 5.73. The molecule has 0 saturated carbocycles. The third-order valence-electron chi connectivity index (χ3n) is 3.08. The lowest BCUT2D eigenvalue weighted by Crippen LogP contribution is -2.26. The Morgan fingerprint density at radius 2 is 2.42 bits per heavy atom. The van der Waals surface area contributed by atoms with Crippen molar-refractivity contribution in [3.8, 4) is 5.88 Å². The van der Waals surface area contributed by atoms with E-state index in [1.54, 1.807) is 6.20 Å². The number of fused-ring (bicyclic) bond motifs is 1. The molecule has 3 heterocycles. The summed E-state index contributed by atoms with van der Waals surface area (Å²) in [5, 5.41) is 7.42. The predicted octanol–water partition coefficient (Wildman–Crippen LogP) is 0.586. The fourth-order valence-corrected chi connectivity index (χ4v) is 2.09. The highest BCUT2D eigenvalue weighted by molar-refractivity contribution is 5.80. The maximum atomic E-state index is 5.73. The number of nitrogens with zero attached hydrogens (tertiary/aromatic N) is 3. The Morgan fingerprint density at radius 3 is 3.21 bits per heavy atom. The summed E-state index contributed by atoms with van der Waals surface area (Å²) in [7, 11) is 0. The van der Waals surface area contributed by atoms with Crippen molar-refractivity contribution in [2.24, 2.45) is 5.84 Å². The molecule has 0 spiro atoms. The monoisotopic (exact) mass is 264 g/mol. The molecular weight excluding hydrogens is 248 g/mol. The van der Waals surface area contributed by atoms with E-state index in [2.05, 4.69) is 25.6 Å². The molecule has 19 heavy (non-hydrogen) atoms. The van der Waals surface area contributed by atoms with Crippen molar-refractivity contribution in [2.75, 3.05) is 18.6 Å². The zero-order chi connectivity index (χ0) is 13.1. The van der Waals surface area contributed by atoms with Crippen LogP contribution in [0.2, 0.25) is 0 Å². The van der Waals surface area contributed by atoms with Crippen LogP contribution < -0.4 is 16.0 Å². The highest BCUT2D eigenvalue weighted by Crippen LogP contribution is 2.23. The maximum Gasteiger partial charge on any atom is 0.242 e. The van der Waals surface area contributed by atoms with Gasteiger partial charge in [0.1, 0.15) is 12.0 Å². The number of H-pyrrole nitrogens is 1. The van der Waals surface area contributed by atoms with Crippen LogP contribution >= 0.6 is 0 Å². The quantitative estimate of drug-likeness (QED) is 0.547. The van der Waals surface area contributed by atoms with Gasteiger partial charge in [0.2, 0.25) is 11.8 Å². The lowest BCUT2D eigenvalue weighted by molar-refractivity contribution is -0.0116. The van der Waals surface area contributed by atoms with Crippen molar-refractivity contribution in [1.29, 1.82) is 0 Å². The molecule has 1 aliphatic heterocycles. The first-order chi connectivity index (χ1) is 9.36. The lowest BCUT2D eigenvalue weighted by Gasteiger charge is -2.22. The summed E-state index contributed by atoms with van der Waals surface area (Å²) in [5.41, 5.74) is 2.99. The Balaban J connectivity index is 1.77. The Bertz CT molecular complexity index is 551. The van der Waals surface area contributed by atoms with Crippen LogP contribution in [0.5, 0.6) is 5.88 Å². The minimum Gasteiger partial charge on any atom is -0.474 e. The topological polar surface area (TPSA) is 111 Å². The van der Waals surface area contributed by atoms with Crippen LogP contribution in [0.25, 0.3) is 11.0 Å². The molecule has 1 saturated heterocycles. The summed E-state index contributed by atoms with van der Waals surface area (Å²) in [5.74, 6) is 6.08. The number of anilines is 1. The van der Waals surface area contributed by atoms with Crippen LogP contribution in [0, 0.1) is 0 Å². The lowest BCUT2D eigenvalue weighted by atomic mass is 10.1. The molecular formula is C11H16N6O2. The molecule has 1 atom stereocenters. The fraction of sp³-hybridized carbons (Fsp3) is 0.545. The zero-order valence-corrected chi connectivity index (χ0v) is 10.4. The van der Waals surface area contributed by atoms with E-state index in [4.69, 9.17) is 15.3 Å². The Kier molecular flexibility index (Phi) is 3.43. The molecule has 2 aromatic rings. The molecule has 0 amide bonds. The van der Waals surface area contributed by atoms with E-state index < -0.39 is 0 Å². The number of nitrogens with one attached hydrogen (secondary N) is 2. The first kappa shape index (κ1) is 12.1. The van der Waals surface area contributed by atoms with Crippen molar-refractivity contribution in [1.82, 2.24) is 20.2 Å². The average molecular weight is 264 g/mol. The van der Waals surface area contributed by atoms with Gasteiger partial charge in [0, 0.05) is 6.61 Å². The van der Waals surface area contributed by atoms with E-state index >= 15 is 0 Å². The van der Waals surface area contributed by atoms with E-state index in [-0.39, 0.29) is 12.1 Å². The van der Waals surface area contributed by atoms with Crippen LogP contribution in [0.15, 0.2) is 6.20 Å². The van der Waals surface area contributed by atoms with Gasteiger partial charge >= 0.3 is 0 Å². The summed E-state index contributed by atoms with van der Waals surface area (Å²) in [6, 6.07) is 0. The average Bonchev–Trinajstić information content (AvgIpc) is 2.94. The molecule has 8 heteroatoms. The van der Waals surface area contributed by atoms with Crippen LogP contribution in [0.3, 0.4) is 0 Å². The molecule has 102 valence electrons. The number of ether oxygens (including phenoxy) is 2. The molecule has 1 fully saturated rings. The molecule has 2 aromatic heterocycles. The van der Waals surface area contributed by atoms with E-state index in [1.807, 2.05) is 0 Å². The number of rotatable bonds is 4. The zero-order valence-electron chi connectivity index (χ0n) is 10.4. The van der Waals surface area contributed by atoms with Crippen LogP contribution in [-0.4, -0.2) is 39.5 Å². The van der Waals surface area contributed by atoms with Gasteiger partial charge in [0.05, 0.1) is 12.3 Å². The number of nitrogens with two attached hydrogens (primary N) is 1. The molecule has 1 unspecified atom stereocenters. The van der Waals surface area contributed by atoms with Crippen molar-refractivity contribution in [3.05, 3.63) is 6.20 Å². The van der Waals surface area contributed by atoms with Crippen LogP contribution in [-0.2, 0) is 4.74 Å². The fourth-order valence-electron chi connectivity index (χ4n) is 2.09. The Morgan fingerprint density at radius 1 is 1.47 bits per heavy atom. The van der Waals surface area contributed by atoms with Gasteiger partial charge in [-0.3, -0.25) is 10.5 Å². The summed E-state index contributed by atoms with van der Waals surface area (Å²) < 4.78 is 11.3. The second kappa shape index (κ2) is 5.37. The van der Waals surface area contributed by atoms with Gasteiger partial charge in [0.25, 0.3) is 0 Å². The molecule has 8 nitrogen and oxygen atoms in total. The molecule has 3 rings (SSSR count). The standard InChI is InChI=1S/C11H16N6O2/c12-16-11-14-9-8(5-13-17-9)10(15-11)19-6-7-3-1-2-4-18-7/h5,7H,1-4,6,12H2,(H2,13,14,15,16,17). The van der Waals surface area contributed by atoms with Gasteiger partial charge in [-0.1, -0.05) is 0 Å². The molecule has 0 radical (unpaired) electrons.